The molecule has 0 heterocycles. The highest BCUT2D eigenvalue weighted by molar-refractivity contribution is 5.35. The first-order valence-corrected chi connectivity index (χ1v) is 7.79. The third-order valence-electron chi connectivity index (χ3n) is 4.31. The molecule has 0 radical (unpaired) electrons. The second-order valence-corrected chi connectivity index (χ2v) is 5.89. The van der Waals surface area contributed by atoms with E-state index in [4.69, 9.17) is 9.84 Å². The van der Waals surface area contributed by atoms with Gasteiger partial charge in [-0.15, -0.1) is 0 Å². The minimum Gasteiger partial charge on any atom is -0.457 e. The fraction of sp³-hybridized carbons (Fsp3) is 0.368. The van der Waals surface area contributed by atoms with Crippen LogP contribution in [0.25, 0.3) is 0 Å². The highest BCUT2D eigenvalue weighted by atomic mass is 16.5. The molecule has 21 heavy (non-hydrogen) atoms. The van der Waals surface area contributed by atoms with Gasteiger partial charge in [-0.3, -0.25) is 0 Å². The molecule has 1 saturated carbocycles. The maximum absolute atomic E-state index is 8.88. The Hall–Kier alpha value is -1.80. The van der Waals surface area contributed by atoms with Crippen molar-refractivity contribution in [1.29, 1.82) is 0 Å². The van der Waals surface area contributed by atoms with E-state index in [-0.39, 0.29) is 0 Å². The predicted molar refractivity (Wildman–Crippen MR) is 84.7 cm³/mol. The van der Waals surface area contributed by atoms with Gasteiger partial charge in [0.15, 0.2) is 0 Å². The van der Waals surface area contributed by atoms with Crippen LogP contribution in [0.5, 0.6) is 11.5 Å². The zero-order valence-electron chi connectivity index (χ0n) is 12.2. The van der Waals surface area contributed by atoms with Crippen molar-refractivity contribution in [2.24, 2.45) is 5.92 Å². The van der Waals surface area contributed by atoms with Crippen LogP contribution in [0.3, 0.4) is 0 Å². The topological polar surface area (TPSA) is 29.5 Å². The van der Waals surface area contributed by atoms with Crippen molar-refractivity contribution in [2.45, 2.75) is 31.6 Å². The Balaban J connectivity index is 1.60. The molecule has 2 nitrogen and oxygen atoms in total. The zero-order chi connectivity index (χ0) is 14.5. The zero-order valence-corrected chi connectivity index (χ0v) is 12.2. The van der Waals surface area contributed by atoms with Crippen molar-refractivity contribution in [1.82, 2.24) is 0 Å². The number of aliphatic hydroxyl groups excluding tert-OH is 1. The quantitative estimate of drug-likeness (QED) is 0.828. The summed E-state index contributed by atoms with van der Waals surface area (Å²) in [7, 11) is 0. The van der Waals surface area contributed by atoms with E-state index in [2.05, 4.69) is 18.2 Å². The smallest absolute Gasteiger partial charge is 0.127 e. The van der Waals surface area contributed by atoms with E-state index in [1.807, 2.05) is 36.4 Å². The molecular formula is C19H22O2. The van der Waals surface area contributed by atoms with Gasteiger partial charge in [0.2, 0.25) is 0 Å². The molecule has 1 aliphatic rings. The Morgan fingerprint density at radius 1 is 0.952 bits per heavy atom. The van der Waals surface area contributed by atoms with Gasteiger partial charge >= 0.3 is 0 Å². The number of hydrogen-bond donors (Lipinski definition) is 1. The lowest BCUT2D eigenvalue weighted by atomic mass is 9.70. The summed E-state index contributed by atoms with van der Waals surface area (Å²) in [4.78, 5) is 0. The first-order valence-electron chi connectivity index (χ1n) is 7.79. The van der Waals surface area contributed by atoms with Crippen LogP contribution in [0.15, 0.2) is 54.6 Å². The van der Waals surface area contributed by atoms with Crippen LogP contribution in [0.4, 0.5) is 0 Å². The van der Waals surface area contributed by atoms with Gasteiger partial charge in [0, 0.05) is 6.61 Å². The molecule has 3 rings (SSSR count). The van der Waals surface area contributed by atoms with Crippen LogP contribution < -0.4 is 4.74 Å². The molecule has 0 saturated heterocycles. The molecule has 0 spiro atoms. The standard InChI is InChI=1S/C19H22O2/c20-11-5-6-15-12-17(13-15)16-7-4-10-19(14-16)21-18-8-2-1-3-9-18/h1-4,7-10,14-15,17,20H,5-6,11-13H2/t15-,17-. The fourth-order valence-electron chi connectivity index (χ4n) is 3.08. The molecule has 2 aromatic carbocycles. The molecule has 0 aromatic heterocycles. The van der Waals surface area contributed by atoms with Crippen molar-refractivity contribution in [3.63, 3.8) is 0 Å². The van der Waals surface area contributed by atoms with Crippen LogP contribution in [-0.2, 0) is 0 Å². The minimum atomic E-state index is 0.321. The van der Waals surface area contributed by atoms with Crippen molar-refractivity contribution in [3.8, 4) is 11.5 Å². The summed E-state index contributed by atoms with van der Waals surface area (Å²) in [5.74, 6) is 3.25. The lowest BCUT2D eigenvalue weighted by molar-refractivity contribution is 0.211. The van der Waals surface area contributed by atoms with Gasteiger partial charge in [-0.25, -0.2) is 0 Å². The lowest BCUT2D eigenvalue weighted by Crippen LogP contribution is -2.22. The highest BCUT2D eigenvalue weighted by Gasteiger charge is 2.29. The van der Waals surface area contributed by atoms with Gasteiger partial charge in [0.25, 0.3) is 0 Å². The molecule has 2 aromatic rings. The highest BCUT2D eigenvalue weighted by Crippen LogP contribution is 2.44. The van der Waals surface area contributed by atoms with Crippen molar-refractivity contribution in [3.05, 3.63) is 60.2 Å². The summed E-state index contributed by atoms with van der Waals surface area (Å²) >= 11 is 0. The Kier molecular flexibility index (Phi) is 4.56. The Labute approximate surface area is 126 Å². The predicted octanol–water partition coefficient (Wildman–Crippen LogP) is 4.75. The van der Waals surface area contributed by atoms with Gasteiger partial charge in [-0.1, -0.05) is 30.3 Å². The van der Waals surface area contributed by atoms with Gasteiger partial charge < -0.3 is 9.84 Å². The molecule has 0 amide bonds. The van der Waals surface area contributed by atoms with Gasteiger partial charge in [0.1, 0.15) is 11.5 Å². The van der Waals surface area contributed by atoms with Crippen LogP contribution in [0.1, 0.15) is 37.2 Å². The molecule has 0 aliphatic heterocycles. The number of rotatable bonds is 6. The Morgan fingerprint density at radius 2 is 1.71 bits per heavy atom. The first-order chi connectivity index (χ1) is 10.3. The molecule has 2 heteroatoms. The van der Waals surface area contributed by atoms with E-state index in [0.717, 1.165) is 30.3 Å². The number of benzene rings is 2. The minimum absolute atomic E-state index is 0.321. The average Bonchev–Trinajstić information content (AvgIpc) is 2.47. The summed E-state index contributed by atoms with van der Waals surface area (Å²) in [6.07, 6.45) is 4.59. The molecule has 0 unspecified atom stereocenters. The molecule has 0 atom stereocenters. The van der Waals surface area contributed by atoms with E-state index in [1.165, 1.54) is 18.4 Å². The molecule has 1 fully saturated rings. The second-order valence-electron chi connectivity index (χ2n) is 5.89. The molecule has 110 valence electrons. The van der Waals surface area contributed by atoms with E-state index >= 15 is 0 Å². The fourth-order valence-corrected chi connectivity index (χ4v) is 3.08. The maximum Gasteiger partial charge on any atom is 0.127 e. The number of aliphatic hydroxyl groups is 1. The molecule has 1 aliphatic carbocycles. The van der Waals surface area contributed by atoms with Gasteiger partial charge in [-0.2, -0.15) is 0 Å². The second kappa shape index (κ2) is 6.77. The lowest BCUT2D eigenvalue weighted by Gasteiger charge is -2.36. The van der Waals surface area contributed by atoms with Crippen LogP contribution in [-0.4, -0.2) is 11.7 Å². The van der Waals surface area contributed by atoms with Crippen LogP contribution >= 0.6 is 0 Å². The van der Waals surface area contributed by atoms with Gasteiger partial charge in [0.05, 0.1) is 0 Å². The van der Waals surface area contributed by atoms with Crippen LogP contribution in [0.2, 0.25) is 0 Å². The van der Waals surface area contributed by atoms with E-state index in [1.54, 1.807) is 0 Å². The summed E-state index contributed by atoms with van der Waals surface area (Å²) in [6, 6.07) is 18.4. The third-order valence-corrected chi connectivity index (χ3v) is 4.31. The summed E-state index contributed by atoms with van der Waals surface area (Å²) in [5.41, 5.74) is 1.38. The molecule has 0 bridgehead atoms. The average molecular weight is 282 g/mol. The summed E-state index contributed by atoms with van der Waals surface area (Å²) < 4.78 is 5.90. The number of para-hydroxylation sites is 1. The van der Waals surface area contributed by atoms with Crippen molar-refractivity contribution >= 4 is 0 Å². The van der Waals surface area contributed by atoms with Crippen LogP contribution in [0, 0.1) is 5.92 Å². The number of ether oxygens (including phenoxy) is 1. The molecule has 1 N–H and O–H groups in total. The van der Waals surface area contributed by atoms with E-state index in [9.17, 15) is 0 Å². The van der Waals surface area contributed by atoms with Crippen molar-refractivity contribution in [2.75, 3.05) is 6.61 Å². The SMILES string of the molecule is OCCC[C@H]1C[C@H](c2cccc(Oc3ccccc3)c2)C1. The number of hydrogen-bond acceptors (Lipinski definition) is 2. The maximum atomic E-state index is 8.88. The Bertz CT molecular complexity index is 559. The largest absolute Gasteiger partial charge is 0.457 e. The third kappa shape index (κ3) is 3.64. The molecular weight excluding hydrogens is 260 g/mol. The Morgan fingerprint density at radius 3 is 2.48 bits per heavy atom. The van der Waals surface area contributed by atoms with E-state index < -0.39 is 0 Å². The van der Waals surface area contributed by atoms with E-state index in [0.29, 0.717) is 12.5 Å². The summed E-state index contributed by atoms with van der Waals surface area (Å²) in [5, 5.41) is 8.88. The summed E-state index contributed by atoms with van der Waals surface area (Å²) in [6.45, 7) is 0.321. The monoisotopic (exact) mass is 282 g/mol. The normalized spacial score (nSPS) is 20.8. The van der Waals surface area contributed by atoms with Crippen molar-refractivity contribution < 1.29 is 9.84 Å². The van der Waals surface area contributed by atoms with Gasteiger partial charge in [-0.05, 0) is 67.3 Å². The first kappa shape index (κ1) is 14.2.